The fourth-order valence-electron chi connectivity index (χ4n) is 3.64. The van der Waals surface area contributed by atoms with Crippen molar-refractivity contribution in [1.29, 1.82) is 0 Å². The molecule has 1 saturated carbocycles. The van der Waals surface area contributed by atoms with Gasteiger partial charge >= 0.3 is 6.18 Å². The summed E-state index contributed by atoms with van der Waals surface area (Å²) in [6.07, 6.45) is 1.79. The van der Waals surface area contributed by atoms with Gasteiger partial charge in [-0.25, -0.2) is 0 Å². The van der Waals surface area contributed by atoms with Gasteiger partial charge in [0.05, 0.1) is 6.42 Å². The fraction of sp³-hybridized carbons (Fsp3) is 0.938. The Morgan fingerprint density at radius 1 is 1.09 bits per heavy atom. The SMILES string of the molecule is O=C(CCC(F)(F)F)NCC1CCCN(CC2CCCC2)C1. The van der Waals surface area contributed by atoms with Crippen LogP contribution in [0.3, 0.4) is 0 Å². The number of carbonyl (C=O) groups excluding carboxylic acids is 1. The average molecular weight is 320 g/mol. The summed E-state index contributed by atoms with van der Waals surface area (Å²) in [4.78, 5) is 13.9. The van der Waals surface area contributed by atoms with E-state index in [0.29, 0.717) is 12.5 Å². The maximum absolute atomic E-state index is 12.1. The summed E-state index contributed by atoms with van der Waals surface area (Å²) >= 11 is 0. The van der Waals surface area contributed by atoms with Gasteiger partial charge in [-0.05, 0) is 44.1 Å². The maximum Gasteiger partial charge on any atom is 0.389 e. The molecule has 0 aromatic heterocycles. The highest BCUT2D eigenvalue weighted by Gasteiger charge is 2.28. The molecule has 0 aromatic carbocycles. The van der Waals surface area contributed by atoms with E-state index < -0.39 is 24.9 Å². The molecule has 22 heavy (non-hydrogen) atoms. The first kappa shape index (κ1) is 17.6. The van der Waals surface area contributed by atoms with Gasteiger partial charge in [0.15, 0.2) is 0 Å². The second kappa shape index (κ2) is 8.18. The lowest BCUT2D eigenvalue weighted by molar-refractivity contribution is -0.144. The number of nitrogens with zero attached hydrogens (tertiary/aromatic N) is 1. The number of piperidine rings is 1. The first-order chi connectivity index (χ1) is 10.4. The molecular weight excluding hydrogens is 293 g/mol. The summed E-state index contributed by atoms with van der Waals surface area (Å²) in [5.74, 6) is 0.718. The molecule has 3 nitrogen and oxygen atoms in total. The van der Waals surface area contributed by atoms with Crippen LogP contribution in [0.2, 0.25) is 0 Å². The highest BCUT2D eigenvalue weighted by molar-refractivity contribution is 5.75. The van der Waals surface area contributed by atoms with Crippen LogP contribution in [0.25, 0.3) is 0 Å². The number of rotatable bonds is 6. The molecule has 0 spiro atoms. The van der Waals surface area contributed by atoms with E-state index >= 15 is 0 Å². The Morgan fingerprint density at radius 3 is 2.45 bits per heavy atom. The minimum atomic E-state index is -4.25. The number of likely N-dealkylation sites (tertiary alicyclic amines) is 1. The van der Waals surface area contributed by atoms with Crippen LogP contribution in [0.5, 0.6) is 0 Å². The third-order valence-electron chi connectivity index (χ3n) is 4.82. The number of amides is 1. The van der Waals surface area contributed by atoms with Gasteiger partial charge in [-0.1, -0.05) is 12.8 Å². The second-order valence-electron chi connectivity index (χ2n) is 6.84. The van der Waals surface area contributed by atoms with Gasteiger partial charge in [-0.3, -0.25) is 4.79 Å². The molecule has 2 fully saturated rings. The Hall–Kier alpha value is -0.780. The van der Waals surface area contributed by atoms with Crippen LogP contribution in [-0.2, 0) is 4.79 Å². The lowest BCUT2D eigenvalue weighted by Gasteiger charge is -2.34. The van der Waals surface area contributed by atoms with Gasteiger partial charge < -0.3 is 10.2 Å². The summed E-state index contributed by atoms with van der Waals surface area (Å²) in [6, 6.07) is 0. The first-order valence-corrected chi connectivity index (χ1v) is 8.48. The number of halogens is 3. The zero-order valence-corrected chi connectivity index (χ0v) is 13.1. The standard InChI is InChI=1S/C16H27F3N2O/c17-16(18,19)8-7-15(22)20-10-14-6-3-9-21(12-14)11-13-4-1-2-5-13/h13-14H,1-12H2,(H,20,22). The highest BCUT2D eigenvalue weighted by Crippen LogP contribution is 2.27. The highest BCUT2D eigenvalue weighted by atomic mass is 19.4. The van der Waals surface area contributed by atoms with Crippen LogP contribution in [-0.4, -0.2) is 43.2 Å². The number of alkyl halides is 3. The van der Waals surface area contributed by atoms with E-state index in [1.807, 2.05) is 0 Å². The smallest absolute Gasteiger partial charge is 0.356 e. The second-order valence-corrected chi connectivity index (χ2v) is 6.84. The molecule has 128 valence electrons. The number of hydrogen-bond donors (Lipinski definition) is 1. The van der Waals surface area contributed by atoms with Gasteiger partial charge in [0.1, 0.15) is 0 Å². The predicted octanol–water partition coefficient (Wildman–Crippen LogP) is 3.35. The zero-order valence-electron chi connectivity index (χ0n) is 13.1. The van der Waals surface area contributed by atoms with Crippen molar-refractivity contribution in [1.82, 2.24) is 10.2 Å². The molecule has 1 aliphatic carbocycles. The Kier molecular flexibility index (Phi) is 6.53. The lowest BCUT2D eigenvalue weighted by atomic mass is 9.96. The molecule has 1 saturated heterocycles. The van der Waals surface area contributed by atoms with E-state index in [1.54, 1.807) is 0 Å². The van der Waals surface area contributed by atoms with Gasteiger partial charge in [0.25, 0.3) is 0 Å². The van der Waals surface area contributed by atoms with Crippen molar-refractivity contribution in [2.75, 3.05) is 26.2 Å². The van der Waals surface area contributed by atoms with E-state index in [1.165, 1.54) is 25.7 Å². The molecule has 6 heteroatoms. The quantitative estimate of drug-likeness (QED) is 0.814. The van der Waals surface area contributed by atoms with Gasteiger partial charge in [0, 0.05) is 26.1 Å². The summed E-state index contributed by atoms with van der Waals surface area (Å²) in [5, 5.41) is 2.67. The van der Waals surface area contributed by atoms with Crippen LogP contribution in [0.15, 0.2) is 0 Å². The minimum Gasteiger partial charge on any atom is -0.356 e. The average Bonchev–Trinajstić information content (AvgIpc) is 2.95. The van der Waals surface area contributed by atoms with Crippen molar-refractivity contribution in [3.63, 3.8) is 0 Å². The van der Waals surface area contributed by atoms with Gasteiger partial charge in [-0.15, -0.1) is 0 Å². The van der Waals surface area contributed by atoms with Crippen LogP contribution in [0.1, 0.15) is 51.4 Å². The van der Waals surface area contributed by atoms with Crippen molar-refractivity contribution in [3.05, 3.63) is 0 Å². The normalized spacial score (nSPS) is 24.6. The minimum absolute atomic E-state index is 0.380. The molecular formula is C16H27F3N2O. The van der Waals surface area contributed by atoms with Crippen molar-refractivity contribution in [2.45, 2.75) is 57.5 Å². The van der Waals surface area contributed by atoms with Crippen LogP contribution >= 0.6 is 0 Å². The van der Waals surface area contributed by atoms with E-state index in [0.717, 1.165) is 38.4 Å². The molecule has 1 N–H and O–H groups in total. The fourth-order valence-corrected chi connectivity index (χ4v) is 3.64. The molecule has 2 aliphatic rings. The zero-order chi connectivity index (χ0) is 16.0. The number of nitrogens with one attached hydrogen (secondary N) is 1. The molecule has 2 rings (SSSR count). The summed E-state index contributed by atoms with van der Waals surface area (Å²) < 4.78 is 36.2. The largest absolute Gasteiger partial charge is 0.389 e. The Bertz CT molecular complexity index is 354. The molecule has 1 aliphatic heterocycles. The Morgan fingerprint density at radius 2 is 1.77 bits per heavy atom. The van der Waals surface area contributed by atoms with Gasteiger partial charge in [0.2, 0.25) is 5.91 Å². The molecule has 0 aromatic rings. The predicted molar refractivity (Wildman–Crippen MR) is 79.4 cm³/mol. The molecule has 1 atom stereocenters. The summed E-state index contributed by atoms with van der Waals surface area (Å²) in [6.45, 7) is 3.75. The van der Waals surface area contributed by atoms with Crippen LogP contribution in [0, 0.1) is 11.8 Å². The third-order valence-corrected chi connectivity index (χ3v) is 4.82. The van der Waals surface area contributed by atoms with Crippen LogP contribution in [0.4, 0.5) is 13.2 Å². The van der Waals surface area contributed by atoms with E-state index in [2.05, 4.69) is 10.2 Å². The summed E-state index contributed by atoms with van der Waals surface area (Å²) in [7, 11) is 0. The van der Waals surface area contributed by atoms with Crippen molar-refractivity contribution < 1.29 is 18.0 Å². The molecule has 1 heterocycles. The lowest BCUT2D eigenvalue weighted by Crippen LogP contribution is -2.42. The van der Waals surface area contributed by atoms with Crippen molar-refractivity contribution in [2.24, 2.45) is 11.8 Å². The van der Waals surface area contributed by atoms with Crippen molar-refractivity contribution >= 4 is 5.91 Å². The van der Waals surface area contributed by atoms with Gasteiger partial charge in [-0.2, -0.15) is 13.2 Å². The maximum atomic E-state index is 12.1. The van der Waals surface area contributed by atoms with Crippen molar-refractivity contribution in [3.8, 4) is 0 Å². The van der Waals surface area contributed by atoms with E-state index in [4.69, 9.17) is 0 Å². The molecule has 0 radical (unpaired) electrons. The van der Waals surface area contributed by atoms with E-state index in [9.17, 15) is 18.0 Å². The number of hydrogen-bond acceptors (Lipinski definition) is 2. The first-order valence-electron chi connectivity index (χ1n) is 8.48. The van der Waals surface area contributed by atoms with Crippen LogP contribution < -0.4 is 5.32 Å². The monoisotopic (exact) mass is 320 g/mol. The third kappa shape index (κ3) is 6.55. The number of carbonyl (C=O) groups is 1. The van der Waals surface area contributed by atoms with E-state index in [-0.39, 0.29) is 0 Å². The molecule has 1 amide bonds. The Labute approximate surface area is 130 Å². The molecule has 1 unspecified atom stereocenters. The topological polar surface area (TPSA) is 32.3 Å². The Balaban J connectivity index is 1.63. The molecule has 0 bridgehead atoms. The summed E-state index contributed by atoms with van der Waals surface area (Å²) in [5.41, 5.74) is 0.